The minimum Gasteiger partial charge on any atom is -0.326 e. The van der Waals surface area contributed by atoms with Crippen molar-refractivity contribution < 1.29 is 18.0 Å². The van der Waals surface area contributed by atoms with E-state index in [4.69, 9.17) is 0 Å². The molecular weight excluding hydrogens is 341 g/mol. The van der Waals surface area contributed by atoms with Gasteiger partial charge in [-0.15, -0.1) is 0 Å². The zero-order valence-electron chi connectivity index (χ0n) is 14.9. The van der Waals surface area contributed by atoms with E-state index < -0.39 is 11.7 Å². The molecule has 0 fully saturated rings. The Kier molecular flexibility index (Phi) is 6.80. The second kappa shape index (κ2) is 8.85. The summed E-state index contributed by atoms with van der Waals surface area (Å²) in [5.41, 5.74) is 1.76. The van der Waals surface area contributed by atoms with Crippen LogP contribution in [0.2, 0.25) is 0 Å². The summed E-state index contributed by atoms with van der Waals surface area (Å²) in [4.78, 5) is 12.3. The van der Waals surface area contributed by atoms with Crippen LogP contribution in [0.25, 0.3) is 0 Å². The number of benzene rings is 2. The van der Waals surface area contributed by atoms with E-state index in [1.807, 2.05) is 38.1 Å². The van der Waals surface area contributed by atoms with Crippen molar-refractivity contribution in [2.24, 2.45) is 0 Å². The molecule has 140 valence electrons. The Balaban J connectivity index is 1.99. The number of anilines is 1. The number of halogens is 3. The second-order valence-electron chi connectivity index (χ2n) is 6.21. The van der Waals surface area contributed by atoms with Crippen LogP contribution in [0, 0.1) is 0 Å². The summed E-state index contributed by atoms with van der Waals surface area (Å²) in [7, 11) is 0. The Labute approximate surface area is 151 Å². The molecule has 26 heavy (non-hydrogen) atoms. The Morgan fingerprint density at radius 3 is 2.35 bits per heavy atom. The van der Waals surface area contributed by atoms with Crippen molar-refractivity contribution in [1.82, 2.24) is 5.32 Å². The lowest BCUT2D eigenvalue weighted by molar-refractivity contribution is -0.137. The van der Waals surface area contributed by atoms with Gasteiger partial charge in [-0.3, -0.25) is 4.79 Å². The Hall–Kier alpha value is -2.34. The van der Waals surface area contributed by atoms with Crippen molar-refractivity contribution in [1.29, 1.82) is 0 Å². The smallest absolute Gasteiger partial charge is 0.326 e. The van der Waals surface area contributed by atoms with E-state index in [0.717, 1.165) is 29.9 Å². The molecule has 0 aliphatic heterocycles. The summed E-state index contributed by atoms with van der Waals surface area (Å²) in [6.45, 7) is 5.31. The van der Waals surface area contributed by atoms with Crippen LogP contribution in [0.4, 0.5) is 18.9 Å². The molecule has 1 unspecified atom stereocenters. The van der Waals surface area contributed by atoms with Crippen molar-refractivity contribution in [3.05, 3.63) is 65.2 Å². The van der Waals surface area contributed by atoms with E-state index >= 15 is 0 Å². The van der Waals surface area contributed by atoms with Gasteiger partial charge < -0.3 is 10.6 Å². The highest BCUT2D eigenvalue weighted by molar-refractivity contribution is 5.92. The van der Waals surface area contributed by atoms with Gasteiger partial charge in [-0.1, -0.05) is 44.2 Å². The Morgan fingerprint density at radius 2 is 1.73 bits per heavy atom. The first-order valence-corrected chi connectivity index (χ1v) is 8.57. The minimum atomic E-state index is -4.35. The van der Waals surface area contributed by atoms with Crippen LogP contribution < -0.4 is 10.6 Å². The molecule has 0 aliphatic rings. The highest BCUT2D eigenvalue weighted by atomic mass is 19.4. The predicted octanol–water partition coefficient (Wildman–Crippen LogP) is 4.95. The molecule has 2 aromatic rings. The van der Waals surface area contributed by atoms with Crippen LogP contribution in [-0.4, -0.2) is 12.5 Å². The van der Waals surface area contributed by atoms with E-state index in [2.05, 4.69) is 10.6 Å². The van der Waals surface area contributed by atoms with E-state index in [1.54, 1.807) is 0 Å². The lowest BCUT2D eigenvalue weighted by Crippen LogP contribution is -2.18. The fourth-order valence-corrected chi connectivity index (χ4v) is 2.65. The molecule has 3 nitrogen and oxygen atoms in total. The van der Waals surface area contributed by atoms with Crippen LogP contribution in [0.1, 0.15) is 42.9 Å². The van der Waals surface area contributed by atoms with Gasteiger partial charge in [0.1, 0.15) is 0 Å². The van der Waals surface area contributed by atoms with Crippen LogP contribution in [-0.2, 0) is 17.5 Å². The Bertz CT molecular complexity index is 727. The number of hydrogen-bond acceptors (Lipinski definition) is 2. The first-order chi connectivity index (χ1) is 12.3. The lowest BCUT2D eigenvalue weighted by Gasteiger charge is -2.15. The molecule has 2 N–H and O–H groups in total. The second-order valence-corrected chi connectivity index (χ2v) is 6.21. The molecule has 1 amide bonds. The molecule has 0 bridgehead atoms. The summed E-state index contributed by atoms with van der Waals surface area (Å²) in [5, 5.41) is 6.12. The van der Waals surface area contributed by atoms with E-state index in [1.165, 1.54) is 12.1 Å². The molecular formula is C20H23F3N2O. The van der Waals surface area contributed by atoms with Gasteiger partial charge in [0.05, 0.1) is 5.56 Å². The SMILES string of the molecule is CCNCc1ccccc1NC(=O)CC(C)c1ccc(C(F)(F)F)cc1. The van der Waals surface area contributed by atoms with Crippen LogP contribution >= 0.6 is 0 Å². The average molecular weight is 364 g/mol. The van der Waals surface area contributed by atoms with E-state index in [9.17, 15) is 18.0 Å². The molecule has 0 saturated carbocycles. The van der Waals surface area contributed by atoms with Gasteiger partial charge in [-0.05, 0) is 41.8 Å². The minimum absolute atomic E-state index is 0.165. The zero-order valence-corrected chi connectivity index (χ0v) is 14.9. The summed E-state index contributed by atoms with van der Waals surface area (Å²) >= 11 is 0. The van der Waals surface area contributed by atoms with Gasteiger partial charge in [0.2, 0.25) is 5.91 Å². The summed E-state index contributed by atoms with van der Waals surface area (Å²) in [6, 6.07) is 12.5. The monoisotopic (exact) mass is 364 g/mol. The standard InChI is InChI=1S/C20H23F3N2O/c1-3-24-13-16-6-4-5-7-18(16)25-19(26)12-14(2)15-8-10-17(11-9-15)20(21,22)23/h4-11,14,24H,3,12-13H2,1-2H3,(H,25,26). The number of carbonyl (C=O) groups is 1. The number of para-hydroxylation sites is 1. The molecule has 6 heteroatoms. The van der Waals surface area contributed by atoms with Crippen LogP contribution in [0.15, 0.2) is 48.5 Å². The van der Waals surface area contributed by atoms with Crippen molar-refractivity contribution >= 4 is 11.6 Å². The third kappa shape index (κ3) is 5.59. The first-order valence-electron chi connectivity index (χ1n) is 8.57. The topological polar surface area (TPSA) is 41.1 Å². The molecule has 0 radical (unpaired) electrons. The number of alkyl halides is 3. The average Bonchev–Trinajstić information content (AvgIpc) is 2.60. The highest BCUT2D eigenvalue weighted by Gasteiger charge is 2.30. The van der Waals surface area contributed by atoms with Gasteiger partial charge in [0.25, 0.3) is 0 Å². The number of nitrogens with one attached hydrogen (secondary N) is 2. The number of hydrogen-bond donors (Lipinski definition) is 2. The van der Waals surface area contributed by atoms with Crippen molar-refractivity contribution in [3.63, 3.8) is 0 Å². The molecule has 1 atom stereocenters. The van der Waals surface area contributed by atoms with Crippen molar-refractivity contribution in [2.75, 3.05) is 11.9 Å². The molecule has 0 aliphatic carbocycles. The normalized spacial score (nSPS) is 12.7. The molecule has 0 heterocycles. The highest BCUT2D eigenvalue weighted by Crippen LogP contribution is 2.30. The van der Waals surface area contributed by atoms with Gasteiger partial charge in [-0.2, -0.15) is 13.2 Å². The van der Waals surface area contributed by atoms with Gasteiger partial charge >= 0.3 is 6.18 Å². The fraction of sp³-hybridized carbons (Fsp3) is 0.350. The van der Waals surface area contributed by atoms with Crippen LogP contribution in [0.5, 0.6) is 0 Å². The maximum Gasteiger partial charge on any atom is 0.416 e. The summed E-state index contributed by atoms with van der Waals surface area (Å²) in [5.74, 6) is -0.348. The summed E-state index contributed by atoms with van der Waals surface area (Å²) < 4.78 is 37.9. The first kappa shape index (κ1) is 20.0. The molecule has 2 rings (SSSR count). The lowest BCUT2D eigenvalue weighted by atomic mass is 9.96. The zero-order chi connectivity index (χ0) is 19.2. The van der Waals surface area contributed by atoms with E-state index in [-0.39, 0.29) is 18.2 Å². The van der Waals surface area contributed by atoms with E-state index in [0.29, 0.717) is 12.1 Å². The third-order valence-corrected chi connectivity index (χ3v) is 4.16. The Morgan fingerprint density at radius 1 is 1.08 bits per heavy atom. The number of amides is 1. The summed E-state index contributed by atoms with van der Waals surface area (Å²) in [6.07, 6.45) is -4.16. The third-order valence-electron chi connectivity index (χ3n) is 4.16. The molecule has 0 spiro atoms. The van der Waals surface area contributed by atoms with Gasteiger partial charge in [0.15, 0.2) is 0 Å². The molecule has 0 aromatic heterocycles. The van der Waals surface area contributed by atoms with Gasteiger partial charge in [0, 0.05) is 18.7 Å². The van der Waals surface area contributed by atoms with Crippen molar-refractivity contribution in [3.8, 4) is 0 Å². The molecule has 2 aromatic carbocycles. The predicted molar refractivity (Wildman–Crippen MR) is 96.9 cm³/mol. The quantitative estimate of drug-likeness (QED) is 0.730. The largest absolute Gasteiger partial charge is 0.416 e. The molecule has 0 saturated heterocycles. The maximum atomic E-state index is 12.6. The fourth-order valence-electron chi connectivity index (χ4n) is 2.65. The maximum absolute atomic E-state index is 12.6. The van der Waals surface area contributed by atoms with Crippen molar-refractivity contribution in [2.45, 2.75) is 38.9 Å². The number of carbonyl (C=O) groups excluding carboxylic acids is 1. The van der Waals surface area contributed by atoms with Crippen LogP contribution in [0.3, 0.4) is 0 Å². The van der Waals surface area contributed by atoms with Gasteiger partial charge in [-0.25, -0.2) is 0 Å². The number of rotatable bonds is 7.